The first kappa shape index (κ1) is 20.0. The van der Waals surface area contributed by atoms with Crippen LogP contribution in [0.1, 0.15) is 57.9 Å². The van der Waals surface area contributed by atoms with Gasteiger partial charge in [-0.2, -0.15) is 4.59 Å². The van der Waals surface area contributed by atoms with Crippen LogP contribution in [-0.4, -0.2) is 69.7 Å². The van der Waals surface area contributed by atoms with Gasteiger partial charge < -0.3 is 14.5 Å². The minimum Gasteiger partial charge on any atom is -0.391 e. The fourth-order valence-electron chi connectivity index (χ4n) is 4.13. The van der Waals surface area contributed by atoms with Crippen molar-refractivity contribution in [3.05, 3.63) is 17.5 Å². The summed E-state index contributed by atoms with van der Waals surface area (Å²) < 4.78 is 5.96. The van der Waals surface area contributed by atoms with Crippen molar-refractivity contribution in [1.82, 2.24) is 10.1 Å². The Morgan fingerprint density at radius 1 is 1.41 bits per heavy atom. The highest BCUT2D eigenvalue weighted by molar-refractivity contribution is 5.96. The number of aromatic nitrogens is 1. The highest BCUT2D eigenvalue weighted by atomic mass is 16.5. The molecule has 3 heterocycles. The van der Waals surface area contributed by atoms with E-state index in [2.05, 4.69) is 33.1 Å². The van der Waals surface area contributed by atoms with E-state index in [1.165, 1.54) is 0 Å². The highest BCUT2D eigenvalue weighted by Gasteiger charge is 2.50. The average Bonchev–Trinajstić information content (AvgIpc) is 3.16. The fraction of sp³-hybridized carbons (Fsp3) is 0.750. The fourth-order valence-corrected chi connectivity index (χ4v) is 4.13. The number of aliphatic hydroxyl groups is 1. The predicted molar refractivity (Wildman–Crippen MR) is 103 cm³/mol. The Balaban J connectivity index is 1.91. The van der Waals surface area contributed by atoms with E-state index in [0.717, 1.165) is 17.8 Å². The molecular weight excluding hydrogens is 344 g/mol. The Bertz CT molecular complexity index is 750. The van der Waals surface area contributed by atoms with Gasteiger partial charge in [0.2, 0.25) is 5.91 Å². The lowest BCUT2D eigenvalue weighted by Gasteiger charge is -2.33. The van der Waals surface area contributed by atoms with Crippen LogP contribution in [0.25, 0.3) is 0 Å². The third kappa shape index (κ3) is 3.55. The van der Waals surface area contributed by atoms with Crippen molar-refractivity contribution in [2.24, 2.45) is 11.0 Å². The second-order valence-corrected chi connectivity index (χ2v) is 9.46. The van der Waals surface area contributed by atoms with E-state index >= 15 is 0 Å². The largest absolute Gasteiger partial charge is 0.391 e. The average molecular weight is 378 g/mol. The van der Waals surface area contributed by atoms with Gasteiger partial charge in [0.25, 0.3) is 0 Å². The molecule has 0 aromatic carbocycles. The molecule has 0 spiro atoms. The summed E-state index contributed by atoms with van der Waals surface area (Å²) in [7, 11) is 4.16. The molecule has 150 valence electrons. The maximum atomic E-state index is 13.5. The van der Waals surface area contributed by atoms with Gasteiger partial charge in [0.05, 0.1) is 38.4 Å². The summed E-state index contributed by atoms with van der Waals surface area (Å²) in [4.78, 5) is 15.3. The van der Waals surface area contributed by atoms with Gasteiger partial charge in [0, 0.05) is 19.0 Å². The monoisotopic (exact) mass is 377 g/mol. The quantitative estimate of drug-likeness (QED) is 0.817. The van der Waals surface area contributed by atoms with Gasteiger partial charge in [0.15, 0.2) is 0 Å². The molecular formula is C20H33N4O3+. The molecule has 1 aromatic heterocycles. The van der Waals surface area contributed by atoms with Gasteiger partial charge >= 0.3 is 0 Å². The van der Waals surface area contributed by atoms with Crippen molar-refractivity contribution in [3.63, 3.8) is 0 Å². The number of β-amino-alcohol motifs (C(OH)–C–C–N with tert-alkyl or cyclic N) is 1. The van der Waals surface area contributed by atoms with E-state index in [0.29, 0.717) is 23.3 Å². The smallest absolute Gasteiger partial charge is 0.234 e. The zero-order valence-electron chi connectivity index (χ0n) is 17.6. The number of aryl methyl sites for hydroxylation is 1. The number of hydrogen-bond donors (Lipinski definition) is 1. The summed E-state index contributed by atoms with van der Waals surface area (Å²) in [5.74, 6) is 0.242. The first-order chi connectivity index (χ1) is 12.4. The van der Waals surface area contributed by atoms with E-state index in [1.54, 1.807) is 0 Å². The molecule has 3 atom stereocenters. The Labute approximate surface area is 161 Å². The first-order valence-electron chi connectivity index (χ1n) is 9.78. The first-order valence-corrected chi connectivity index (χ1v) is 9.78. The summed E-state index contributed by atoms with van der Waals surface area (Å²) in [5, 5.41) is 19.2. The summed E-state index contributed by atoms with van der Waals surface area (Å²) >= 11 is 0. The number of amides is 1. The molecule has 0 bridgehead atoms. The number of hydrogen-bond acceptors (Lipinski definition) is 5. The van der Waals surface area contributed by atoms with Crippen molar-refractivity contribution < 1.29 is 19.0 Å². The molecule has 7 nitrogen and oxygen atoms in total. The Morgan fingerprint density at radius 2 is 2.07 bits per heavy atom. The summed E-state index contributed by atoms with van der Waals surface area (Å²) in [6.45, 7) is 10.6. The molecule has 1 fully saturated rings. The van der Waals surface area contributed by atoms with E-state index in [-0.39, 0.29) is 23.4 Å². The second-order valence-electron chi connectivity index (χ2n) is 9.46. The Kier molecular flexibility index (Phi) is 4.97. The molecule has 0 radical (unpaired) electrons. The van der Waals surface area contributed by atoms with Crippen LogP contribution < -0.4 is 0 Å². The van der Waals surface area contributed by atoms with Crippen molar-refractivity contribution >= 4 is 11.6 Å². The summed E-state index contributed by atoms with van der Waals surface area (Å²) in [5.41, 5.74) is 1.74. The van der Waals surface area contributed by atoms with Gasteiger partial charge in [0.1, 0.15) is 22.9 Å². The molecule has 1 aromatic rings. The highest BCUT2D eigenvalue weighted by Crippen LogP contribution is 2.37. The summed E-state index contributed by atoms with van der Waals surface area (Å²) in [6, 6.07) is 1.68. The molecule has 1 N–H and O–H groups in total. The molecule has 1 amide bonds. The standard InChI is InChI=1S/C20H33N4O3/c1-12(2)18(17-8-13(3)22-27-17)19(26)23-11-14(25)9-16(23)15-10-20(4,5)24(6,7)21-15/h8,12,14,16,18,25H,9-11H2,1-7H3/q+1/t14-,16+,18-/m1/s1. The van der Waals surface area contributed by atoms with Gasteiger partial charge in [-0.25, -0.2) is 0 Å². The number of rotatable bonds is 4. The second kappa shape index (κ2) is 6.71. The molecule has 2 aliphatic heterocycles. The molecule has 0 saturated carbocycles. The Morgan fingerprint density at radius 3 is 2.56 bits per heavy atom. The molecule has 2 aliphatic rings. The van der Waals surface area contributed by atoms with Crippen LogP contribution in [0.2, 0.25) is 0 Å². The topological polar surface area (TPSA) is 78.9 Å². The number of aliphatic hydroxyl groups excluding tert-OH is 1. The van der Waals surface area contributed by atoms with Crippen LogP contribution in [0, 0.1) is 12.8 Å². The van der Waals surface area contributed by atoms with Crippen molar-refractivity contribution in [2.45, 2.75) is 71.1 Å². The van der Waals surface area contributed by atoms with Crippen LogP contribution in [0.4, 0.5) is 0 Å². The molecule has 7 heteroatoms. The van der Waals surface area contributed by atoms with Gasteiger partial charge in [-0.3, -0.25) is 4.79 Å². The van der Waals surface area contributed by atoms with Crippen molar-refractivity contribution in [1.29, 1.82) is 0 Å². The lowest BCUT2D eigenvalue weighted by molar-refractivity contribution is -0.937. The van der Waals surface area contributed by atoms with Gasteiger partial charge in [-0.05, 0) is 26.7 Å². The minimum absolute atomic E-state index is 0.0135. The van der Waals surface area contributed by atoms with Crippen LogP contribution in [0.3, 0.4) is 0 Å². The number of carbonyl (C=O) groups is 1. The van der Waals surface area contributed by atoms with Crippen LogP contribution in [-0.2, 0) is 4.79 Å². The van der Waals surface area contributed by atoms with E-state index in [1.807, 2.05) is 31.7 Å². The van der Waals surface area contributed by atoms with E-state index in [9.17, 15) is 9.90 Å². The predicted octanol–water partition coefficient (Wildman–Crippen LogP) is 2.30. The number of carbonyl (C=O) groups excluding carboxylic acids is 1. The summed E-state index contributed by atoms with van der Waals surface area (Å²) in [6.07, 6.45) is 0.834. The number of likely N-dealkylation sites (tertiary alicyclic amines) is 1. The molecule has 1 saturated heterocycles. The maximum Gasteiger partial charge on any atom is 0.234 e. The van der Waals surface area contributed by atoms with E-state index in [4.69, 9.17) is 9.62 Å². The van der Waals surface area contributed by atoms with Crippen LogP contribution >= 0.6 is 0 Å². The maximum absolute atomic E-state index is 13.5. The van der Waals surface area contributed by atoms with E-state index < -0.39 is 12.0 Å². The van der Waals surface area contributed by atoms with Gasteiger partial charge in [-0.15, -0.1) is 0 Å². The van der Waals surface area contributed by atoms with Gasteiger partial charge in [-0.1, -0.05) is 24.1 Å². The third-order valence-corrected chi connectivity index (χ3v) is 6.31. The minimum atomic E-state index is -0.523. The number of nitrogens with zero attached hydrogens (tertiary/aromatic N) is 4. The normalized spacial score (nSPS) is 27.9. The van der Waals surface area contributed by atoms with Crippen molar-refractivity contribution in [2.75, 3.05) is 20.6 Å². The molecule has 3 rings (SSSR count). The lowest BCUT2D eigenvalue weighted by Crippen LogP contribution is -2.48. The zero-order valence-corrected chi connectivity index (χ0v) is 17.6. The van der Waals surface area contributed by atoms with Crippen molar-refractivity contribution in [3.8, 4) is 0 Å². The molecule has 27 heavy (non-hydrogen) atoms. The lowest BCUT2D eigenvalue weighted by atomic mass is 9.90. The van der Waals surface area contributed by atoms with Crippen LogP contribution in [0.5, 0.6) is 0 Å². The Hall–Kier alpha value is -1.73. The third-order valence-electron chi connectivity index (χ3n) is 6.31. The molecule has 0 unspecified atom stereocenters. The zero-order chi connectivity index (χ0) is 20.1. The SMILES string of the molecule is Cc1cc([C@H](C(=O)N2C[C@H](O)C[C@H]2C2=N[N+](C)(C)C(C)(C)C2)C(C)C)on1. The molecule has 0 aliphatic carbocycles. The number of quaternary nitrogens is 1. The van der Waals surface area contributed by atoms with Crippen LogP contribution in [0.15, 0.2) is 15.7 Å².